The largest absolute Gasteiger partial charge is 0.322 e. The number of rotatable bonds is 8. The monoisotopic (exact) mass is 511 g/mol. The lowest BCUT2D eigenvalue weighted by Crippen LogP contribution is -2.21. The average molecular weight is 512 g/mol. The van der Waals surface area contributed by atoms with Crippen LogP contribution in [-0.4, -0.2) is 11.8 Å². The summed E-state index contributed by atoms with van der Waals surface area (Å²) < 4.78 is 0. The van der Waals surface area contributed by atoms with Crippen LogP contribution < -0.4 is 15.5 Å². The lowest BCUT2D eigenvalue weighted by Gasteiger charge is -2.27. The van der Waals surface area contributed by atoms with Gasteiger partial charge in [-0.1, -0.05) is 85.8 Å². The fourth-order valence-corrected chi connectivity index (χ4v) is 4.56. The molecule has 2 amide bonds. The van der Waals surface area contributed by atoms with E-state index in [2.05, 4.69) is 15.5 Å². The minimum absolute atomic E-state index is 0.282. The van der Waals surface area contributed by atoms with E-state index < -0.39 is 0 Å². The van der Waals surface area contributed by atoms with E-state index in [-0.39, 0.29) is 11.8 Å². The Morgan fingerprint density at radius 3 is 1.64 bits per heavy atom. The summed E-state index contributed by atoms with van der Waals surface area (Å²) in [6.45, 7) is 2.05. The van der Waals surface area contributed by atoms with Gasteiger partial charge in [-0.2, -0.15) is 0 Å². The molecule has 0 saturated heterocycles. The molecule has 5 aromatic rings. The van der Waals surface area contributed by atoms with Crippen molar-refractivity contribution in [2.75, 3.05) is 15.5 Å². The van der Waals surface area contributed by atoms with Crippen molar-refractivity contribution in [2.45, 2.75) is 13.3 Å². The SMILES string of the molecule is CCc1ccccc1NC(=O)c1ccccc1NC(=O)c1ccccc1N(c1ccccc1)c1ccccc1. The summed E-state index contributed by atoms with van der Waals surface area (Å²) in [5.74, 6) is -0.591. The van der Waals surface area contributed by atoms with Crippen LogP contribution in [0.3, 0.4) is 0 Å². The van der Waals surface area contributed by atoms with Crippen LogP contribution in [0.15, 0.2) is 133 Å². The van der Waals surface area contributed by atoms with E-state index in [9.17, 15) is 9.59 Å². The van der Waals surface area contributed by atoms with Crippen molar-refractivity contribution in [1.29, 1.82) is 0 Å². The molecule has 0 spiro atoms. The summed E-state index contributed by atoms with van der Waals surface area (Å²) in [6.07, 6.45) is 0.797. The summed E-state index contributed by atoms with van der Waals surface area (Å²) in [5.41, 5.74) is 5.70. The normalized spacial score (nSPS) is 10.5. The molecule has 0 fully saturated rings. The van der Waals surface area contributed by atoms with Crippen LogP contribution in [0.1, 0.15) is 33.2 Å². The van der Waals surface area contributed by atoms with E-state index in [1.54, 1.807) is 30.3 Å². The van der Waals surface area contributed by atoms with E-state index in [4.69, 9.17) is 0 Å². The molecule has 5 rings (SSSR count). The molecular formula is C34H29N3O2. The molecular weight excluding hydrogens is 482 g/mol. The zero-order valence-electron chi connectivity index (χ0n) is 21.7. The van der Waals surface area contributed by atoms with Gasteiger partial charge in [-0.05, 0) is 66.6 Å². The molecule has 0 bridgehead atoms. The Labute approximate surface area is 228 Å². The zero-order valence-corrected chi connectivity index (χ0v) is 21.7. The van der Waals surface area contributed by atoms with Crippen LogP contribution >= 0.6 is 0 Å². The summed E-state index contributed by atoms with van der Waals surface area (Å²) in [5, 5.41) is 6.00. The van der Waals surface area contributed by atoms with Crippen molar-refractivity contribution < 1.29 is 9.59 Å². The fraction of sp³-hybridized carbons (Fsp3) is 0.0588. The number of benzene rings is 5. The van der Waals surface area contributed by atoms with Gasteiger partial charge in [0.25, 0.3) is 11.8 Å². The fourth-order valence-electron chi connectivity index (χ4n) is 4.56. The quantitative estimate of drug-likeness (QED) is 0.221. The first-order valence-corrected chi connectivity index (χ1v) is 12.9. The van der Waals surface area contributed by atoms with E-state index in [0.717, 1.165) is 34.7 Å². The molecule has 0 aromatic heterocycles. The Kier molecular flexibility index (Phi) is 7.79. The summed E-state index contributed by atoms with van der Waals surface area (Å²) in [4.78, 5) is 29.1. The van der Waals surface area contributed by atoms with Crippen LogP contribution in [0.5, 0.6) is 0 Å². The molecule has 0 radical (unpaired) electrons. The third-order valence-electron chi connectivity index (χ3n) is 6.48. The molecule has 0 atom stereocenters. The Bertz CT molecular complexity index is 1540. The molecule has 0 aliphatic carbocycles. The lowest BCUT2D eigenvalue weighted by atomic mass is 10.1. The highest BCUT2D eigenvalue weighted by molar-refractivity contribution is 6.14. The van der Waals surface area contributed by atoms with Gasteiger partial charge in [0.2, 0.25) is 0 Å². The van der Waals surface area contributed by atoms with Gasteiger partial charge in [-0.25, -0.2) is 0 Å². The predicted molar refractivity (Wildman–Crippen MR) is 159 cm³/mol. The summed E-state index contributed by atoms with van der Waals surface area (Å²) >= 11 is 0. The first kappa shape index (κ1) is 25.5. The molecule has 0 aliphatic rings. The van der Waals surface area contributed by atoms with E-state index >= 15 is 0 Å². The van der Waals surface area contributed by atoms with Crippen LogP contribution in [0.2, 0.25) is 0 Å². The van der Waals surface area contributed by atoms with E-state index in [1.165, 1.54) is 0 Å². The zero-order chi connectivity index (χ0) is 27.0. The number of hydrogen-bond donors (Lipinski definition) is 2. The second-order valence-electron chi connectivity index (χ2n) is 8.99. The van der Waals surface area contributed by atoms with Gasteiger partial charge in [0.05, 0.1) is 22.5 Å². The maximum Gasteiger partial charge on any atom is 0.257 e. The van der Waals surface area contributed by atoms with Gasteiger partial charge in [-0.15, -0.1) is 0 Å². The Hall–Kier alpha value is -5.16. The van der Waals surface area contributed by atoms with E-state index in [0.29, 0.717) is 16.8 Å². The van der Waals surface area contributed by atoms with Crippen LogP contribution in [0, 0.1) is 0 Å². The Morgan fingerprint density at radius 2 is 1.00 bits per heavy atom. The second kappa shape index (κ2) is 11.9. The number of nitrogens with zero attached hydrogens (tertiary/aromatic N) is 1. The van der Waals surface area contributed by atoms with Gasteiger partial charge in [-0.3, -0.25) is 9.59 Å². The van der Waals surface area contributed by atoms with Crippen molar-refractivity contribution in [3.63, 3.8) is 0 Å². The van der Waals surface area contributed by atoms with Crippen LogP contribution in [0.25, 0.3) is 0 Å². The van der Waals surface area contributed by atoms with E-state index in [1.807, 2.05) is 110 Å². The summed E-state index contributed by atoms with van der Waals surface area (Å²) in [6, 6.07) is 42.1. The molecule has 0 unspecified atom stereocenters. The number of hydrogen-bond acceptors (Lipinski definition) is 3. The number of para-hydroxylation sites is 5. The van der Waals surface area contributed by atoms with Crippen molar-refractivity contribution in [1.82, 2.24) is 0 Å². The average Bonchev–Trinajstić information content (AvgIpc) is 2.99. The minimum Gasteiger partial charge on any atom is -0.322 e. The molecule has 0 saturated carbocycles. The van der Waals surface area contributed by atoms with Gasteiger partial charge >= 0.3 is 0 Å². The number of amides is 2. The van der Waals surface area contributed by atoms with Crippen molar-refractivity contribution in [3.05, 3.63) is 150 Å². The second-order valence-corrected chi connectivity index (χ2v) is 8.99. The standard InChI is InChI=1S/C34H29N3O2/c1-2-25-15-9-12-22-30(25)35-33(38)28-20-10-13-23-31(28)36-34(39)29-21-11-14-24-32(29)37(26-16-5-3-6-17-26)27-18-7-4-8-19-27/h3-24H,2H2,1H3,(H,35,38)(H,36,39). The smallest absolute Gasteiger partial charge is 0.257 e. The molecule has 5 aromatic carbocycles. The third kappa shape index (κ3) is 5.73. The first-order chi connectivity index (χ1) is 19.2. The number of anilines is 5. The molecule has 39 heavy (non-hydrogen) atoms. The Balaban J connectivity index is 1.48. The number of carbonyl (C=O) groups is 2. The maximum atomic E-state index is 13.8. The van der Waals surface area contributed by atoms with Crippen molar-refractivity contribution >= 4 is 40.3 Å². The highest BCUT2D eigenvalue weighted by Gasteiger charge is 2.21. The van der Waals surface area contributed by atoms with Gasteiger partial charge in [0, 0.05) is 17.1 Å². The topological polar surface area (TPSA) is 61.4 Å². The Morgan fingerprint density at radius 1 is 0.538 bits per heavy atom. The molecule has 5 nitrogen and oxygen atoms in total. The van der Waals surface area contributed by atoms with Crippen molar-refractivity contribution in [3.8, 4) is 0 Å². The van der Waals surface area contributed by atoms with Crippen LogP contribution in [-0.2, 0) is 6.42 Å². The van der Waals surface area contributed by atoms with Crippen molar-refractivity contribution in [2.24, 2.45) is 0 Å². The maximum absolute atomic E-state index is 13.8. The molecule has 0 aliphatic heterocycles. The summed E-state index contributed by atoms with van der Waals surface area (Å²) in [7, 11) is 0. The number of aryl methyl sites for hydroxylation is 1. The van der Waals surface area contributed by atoms with Crippen LogP contribution in [0.4, 0.5) is 28.4 Å². The lowest BCUT2D eigenvalue weighted by molar-refractivity contribution is 0.102. The minimum atomic E-state index is -0.309. The van der Waals surface area contributed by atoms with Gasteiger partial charge in [0.1, 0.15) is 0 Å². The van der Waals surface area contributed by atoms with Gasteiger partial charge in [0.15, 0.2) is 0 Å². The molecule has 2 N–H and O–H groups in total. The number of carbonyl (C=O) groups excluding carboxylic acids is 2. The first-order valence-electron chi connectivity index (χ1n) is 12.9. The highest BCUT2D eigenvalue weighted by atomic mass is 16.2. The number of nitrogens with one attached hydrogen (secondary N) is 2. The predicted octanol–water partition coefficient (Wildman–Crippen LogP) is 8.22. The molecule has 192 valence electrons. The third-order valence-corrected chi connectivity index (χ3v) is 6.48. The molecule has 0 heterocycles. The molecule has 5 heteroatoms. The highest BCUT2D eigenvalue weighted by Crippen LogP contribution is 2.36. The van der Waals surface area contributed by atoms with Gasteiger partial charge < -0.3 is 15.5 Å².